The number of likely N-dealkylation sites (N-methyl/N-ethyl adjacent to an activating group) is 2. The van der Waals surface area contributed by atoms with Gasteiger partial charge in [-0.15, -0.1) is 0 Å². The first-order chi connectivity index (χ1) is 15.7. The van der Waals surface area contributed by atoms with Crippen molar-refractivity contribution < 1.29 is 16.8 Å². The Hall–Kier alpha value is -1.47. The van der Waals surface area contributed by atoms with Crippen molar-refractivity contribution in [3.05, 3.63) is 48.5 Å². The van der Waals surface area contributed by atoms with Crippen LogP contribution in [-0.2, 0) is 20.0 Å². The molecule has 33 heavy (non-hydrogen) atoms. The van der Waals surface area contributed by atoms with Crippen molar-refractivity contribution in [2.24, 2.45) is 0 Å². The molecule has 2 saturated heterocycles. The topological polar surface area (TPSA) is 81.2 Å². The van der Waals surface area contributed by atoms with Crippen LogP contribution in [0.15, 0.2) is 68.1 Å². The molecule has 0 radical (unpaired) electrons. The second kappa shape index (κ2) is 10.0. The van der Waals surface area contributed by atoms with Gasteiger partial charge in [-0.05, 0) is 62.6 Å². The highest BCUT2D eigenvalue weighted by atomic mass is 32.2. The molecule has 0 N–H and O–H groups in total. The maximum atomic E-state index is 12.9. The minimum Gasteiger partial charge on any atom is -0.304 e. The molecular weight excluding hydrogens is 480 g/mol. The molecule has 180 valence electrons. The lowest BCUT2D eigenvalue weighted by Crippen LogP contribution is -2.46. The van der Waals surface area contributed by atoms with Crippen molar-refractivity contribution in [1.82, 2.24) is 18.4 Å². The highest BCUT2D eigenvalue weighted by Gasteiger charge is 2.28. The van der Waals surface area contributed by atoms with E-state index in [4.69, 9.17) is 0 Å². The average molecular weight is 511 g/mol. The van der Waals surface area contributed by atoms with Crippen molar-refractivity contribution in [3.63, 3.8) is 0 Å². The molecule has 0 aromatic heterocycles. The van der Waals surface area contributed by atoms with Crippen molar-refractivity contribution in [2.75, 3.05) is 66.5 Å². The number of nitrogens with zero attached hydrogens (tertiary/aromatic N) is 4. The lowest BCUT2D eigenvalue weighted by Gasteiger charge is -2.31. The molecule has 0 unspecified atom stereocenters. The Morgan fingerprint density at radius 2 is 0.848 bits per heavy atom. The summed E-state index contributed by atoms with van der Waals surface area (Å²) in [4.78, 5) is 6.61. The second-order valence-corrected chi connectivity index (χ2v) is 13.5. The highest BCUT2D eigenvalue weighted by Crippen LogP contribution is 2.30. The van der Waals surface area contributed by atoms with Gasteiger partial charge in [-0.3, -0.25) is 0 Å². The van der Waals surface area contributed by atoms with Crippen molar-refractivity contribution in [3.8, 4) is 0 Å². The van der Waals surface area contributed by atoms with Crippen LogP contribution in [-0.4, -0.2) is 102 Å². The maximum absolute atomic E-state index is 12.9. The Labute approximate surface area is 201 Å². The summed E-state index contributed by atoms with van der Waals surface area (Å²) in [5, 5.41) is 0. The molecule has 2 heterocycles. The minimum atomic E-state index is -3.49. The van der Waals surface area contributed by atoms with Gasteiger partial charge in [-0.25, -0.2) is 16.8 Å². The van der Waals surface area contributed by atoms with E-state index in [0.29, 0.717) is 36.0 Å². The van der Waals surface area contributed by atoms with E-state index in [2.05, 4.69) is 9.80 Å². The third-order valence-electron chi connectivity index (χ3n) is 6.08. The smallest absolute Gasteiger partial charge is 0.243 e. The molecule has 2 aliphatic heterocycles. The van der Waals surface area contributed by atoms with Gasteiger partial charge in [0.2, 0.25) is 20.0 Å². The molecule has 0 saturated carbocycles. The quantitative estimate of drug-likeness (QED) is 0.585. The molecule has 0 spiro atoms. The van der Waals surface area contributed by atoms with Gasteiger partial charge >= 0.3 is 0 Å². The predicted molar refractivity (Wildman–Crippen MR) is 130 cm³/mol. The van der Waals surface area contributed by atoms with Gasteiger partial charge in [0.25, 0.3) is 0 Å². The highest BCUT2D eigenvalue weighted by molar-refractivity contribution is 7.99. The van der Waals surface area contributed by atoms with Crippen LogP contribution >= 0.6 is 11.8 Å². The summed E-state index contributed by atoms with van der Waals surface area (Å²) in [5.41, 5.74) is 0. The van der Waals surface area contributed by atoms with Gasteiger partial charge in [-0.2, -0.15) is 8.61 Å². The maximum Gasteiger partial charge on any atom is 0.243 e. The van der Waals surface area contributed by atoms with E-state index >= 15 is 0 Å². The molecule has 0 amide bonds. The Bertz CT molecular complexity index is 1060. The molecular formula is C22H30N4O4S3. The van der Waals surface area contributed by atoms with Gasteiger partial charge in [0.1, 0.15) is 0 Å². The summed E-state index contributed by atoms with van der Waals surface area (Å²) >= 11 is 1.47. The van der Waals surface area contributed by atoms with Gasteiger partial charge in [0, 0.05) is 62.1 Å². The normalized spacial score (nSPS) is 20.2. The fourth-order valence-electron chi connectivity index (χ4n) is 3.85. The van der Waals surface area contributed by atoms with Gasteiger partial charge in [0.15, 0.2) is 0 Å². The fraction of sp³-hybridized carbons (Fsp3) is 0.455. The van der Waals surface area contributed by atoms with Crippen molar-refractivity contribution >= 4 is 31.8 Å². The molecule has 11 heteroatoms. The summed E-state index contributed by atoms with van der Waals surface area (Å²) in [5.74, 6) is 0. The summed E-state index contributed by atoms with van der Waals surface area (Å²) in [7, 11) is -3.00. The Morgan fingerprint density at radius 1 is 0.545 bits per heavy atom. The van der Waals surface area contributed by atoms with E-state index in [1.807, 2.05) is 14.1 Å². The Kier molecular flexibility index (Phi) is 7.49. The monoisotopic (exact) mass is 510 g/mol. The Morgan fingerprint density at radius 3 is 1.15 bits per heavy atom. The molecule has 0 atom stereocenters. The van der Waals surface area contributed by atoms with Crippen LogP contribution in [0.1, 0.15) is 0 Å². The molecule has 2 aromatic carbocycles. The number of hydrogen-bond donors (Lipinski definition) is 0. The molecule has 2 aliphatic rings. The van der Waals surface area contributed by atoms with E-state index in [9.17, 15) is 16.8 Å². The van der Waals surface area contributed by atoms with Gasteiger partial charge in [-0.1, -0.05) is 11.8 Å². The zero-order valence-corrected chi connectivity index (χ0v) is 21.4. The molecule has 2 aromatic rings. The van der Waals surface area contributed by atoms with Crippen molar-refractivity contribution in [1.29, 1.82) is 0 Å². The van der Waals surface area contributed by atoms with Crippen LogP contribution in [0, 0.1) is 0 Å². The third kappa shape index (κ3) is 5.61. The molecule has 0 bridgehead atoms. The zero-order valence-electron chi connectivity index (χ0n) is 18.9. The average Bonchev–Trinajstić information content (AvgIpc) is 2.80. The number of piperazine rings is 2. The van der Waals surface area contributed by atoms with Crippen LogP contribution in [0.4, 0.5) is 0 Å². The van der Waals surface area contributed by atoms with Crippen LogP contribution in [0.2, 0.25) is 0 Å². The first-order valence-corrected chi connectivity index (χ1v) is 14.6. The molecule has 4 rings (SSSR count). The largest absolute Gasteiger partial charge is 0.304 e. The lowest BCUT2D eigenvalue weighted by atomic mass is 10.4. The first-order valence-electron chi connectivity index (χ1n) is 10.9. The first kappa shape index (κ1) is 24.6. The molecule has 2 fully saturated rings. The van der Waals surface area contributed by atoms with E-state index in [-0.39, 0.29) is 0 Å². The summed E-state index contributed by atoms with van der Waals surface area (Å²) in [6.07, 6.45) is 0. The third-order valence-corrected chi connectivity index (χ3v) is 10.9. The summed E-state index contributed by atoms with van der Waals surface area (Å²) in [6, 6.07) is 13.7. The minimum absolute atomic E-state index is 0.296. The lowest BCUT2D eigenvalue weighted by molar-refractivity contribution is 0.222. The number of rotatable bonds is 6. The van der Waals surface area contributed by atoms with Crippen LogP contribution < -0.4 is 0 Å². The summed E-state index contributed by atoms with van der Waals surface area (Å²) in [6.45, 7) is 4.91. The Balaban J connectivity index is 1.41. The standard InChI is InChI=1S/C22H30N4O4S3/c1-23-11-15-25(16-12-23)32(27,28)21-7-3-19(4-8-21)31-20-5-9-22(10-6-20)33(29,30)26-17-13-24(2)14-18-26/h3-10H,11-18H2,1-2H3. The predicted octanol–water partition coefficient (Wildman–Crippen LogP) is 1.71. The van der Waals surface area contributed by atoms with Crippen molar-refractivity contribution in [2.45, 2.75) is 19.6 Å². The second-order valence-electron chi connectivity index (χ2n) is 8.46. The van der Waals surface area contributed by atoms with E-state index in [1.54, 1.807) is 48.5 Å². The van der Waals surface area contributed by atoms with E-state index < -0.39 is 20.0 Å². The van der Waals surface area contributed by atoms with E-state index in [1.165, 1.54) is 20.4 Å². The number of hydrogen-bond acceptors (Lipinski definition) is 7. The van der Waals surface area contributed by atoms with E-state index in [0.717, 1.165) is 36.0 Å². The van der Waals surface area contributed by atoms with Crippen LogP contribution in [0.25, 0.3) is 0 Å². The fourth-order valence-corrected chi connectivity index (χ4v) is 7.51. The number of benzene rings is 2. The van der Waals surface area contributed by atoms with Crippen LogP contribution in [0.5, 0.6) is 0 Å². The van der Waals surface area contributed by atoms with Gasteiger partial charge in [0.05, 0.1) is 9.79 Å². The zero-order chi connectivity index (χ0) is 23.6. The van der Waals surface area contributed by atoms with Crippen LogP contribution in [0.3, 0.4) is 0 Å². The molecule has 8 nitrogen and oxygen atoms in total. The van der Waals surface area contributed by atoms with Gasteiger partial charge < -0.3 is 9.80 Å². The SMILES string of the molecule is CN1CCN(S(=O)(=O)c2ccc(Sc3ccc(S(=O)(=O)N4CCN(C)CC4)cc3)cc2)CC1. The number of sulfonamides is 2. The molecule has 0 aliphatic carbocycles. The summed E-state index contributed by atoms with van der Waals surface area (Å²) < 4.78 is 54.6.